The third-order valence-electron chi connectivity index (χ3n) is 1.65. The van der Waals surface area contributed by atoms with Gasteiger partial charge in [0.15, 0.2) is 6.79 Å². The standard InChI is InChI=1S/C8H9NO2/c9-7-2-1-6-4-10-5-11-8(6)3-7/h1-3H,4-5,9H2. The molecule has 3 nitrogen and oxygen atoms in total. The van der Waals surface area contributed by atoms with Crippen molar-refractivity contribution in [2.24, 2.45) is 0 Å². The van der Waals surface area contributed by atoms with Gasteiger partial charge < -0.3 is 15.2 Å². The highest BCUT2D eigenvalue weighted by Gasteiger charge is 2.09. The summed E-state index contributed by atoms with van der Waals surface area (Å²) in [5.74, 6) is 0.844. The van der Waals surface area contributed by atoms with E-state index in [1.165, 1.54) is 0 Å². The third-order valence-corrected chi connectivity index (χ3v) is 1.65. The van der Waals surface area contributed by atoms with Gasteiger partial charge in [0, 0.05) is 17.3 Å². The van der Waals surface area contributed by atoms with E-state index in [0.29, 0.717) is 13.4 Å². The molecule has 11 heavy (non-hydrogen) atoms. The molecule has 0 saturated heterocycles. The zero-order valence-electron chi connectivity index (χ0n) is 6.04. The predicted octanol–water partition coefficient (Wildman–Crippen LogP) is 1.14. The molecule has 0 radical (unpaired) electrons. The molecule has 0 aromatic heterocycles. The van der Waals surface area contributed by atoms with Crippen molar-refractivity contribution in [3.8, 4) is 5.75 Å². The molecule has 1 aromatic rings. The fourth-order valence-electron chi connectivity index (χ4n) is 1.08. The zero-order valence-corrected chi connectivity index (χ0v) is 6.04. The lowest BCUT2D eigenvalue weighted by Gasteiger charge is -2.17. The van der Waals surface area contributed by atoms with E-state index in [2.05, 4.69) is 0 Å². The second-order valence-corrected chi connectivity index (χ2v) is 2.48. The number of ether oxygens (including phenoxy) is 2. The Hall–Kier alpha value is -1.22. The van der Waals surface area contributed by atoms with E-state index >= 15 is 0 Å². The fraction of sp³-hybridized carbons (Fsp3) is 0.250. The van der Waals surface area contributed by atoms with Gasteiger partial charge in [0.05, 0.1) is 6.61 Å². The van der Waals surface area contributed by atoms with Crippen molar-refractivity contribution >= 4 is 5.69 Å². The van der Waals surface area contributed by atoms with Gasteiger partial charge in [-0.3, -0.25) is 0 Å². The molecular weight excluding hydrogens is 142 g/mol. The van der Waals surface area contributed by atoms with Crippen LogP contribution in [0, 0.1) is 0 Å². The summed E-state index contributed by atoms with van der Waals surface area (Å²) in [7, 11) is 0. The molecule has 0 fully saturated rings. The van der Waals surface area contributed by atoms with Crippen molar-refractivity contribution in [2.45, 2.75) is 6.61 Å². The predicted molar refractivity (Wildman–Crippen MR) is 41.1 cm³/mol. The van der Waals surface area contributed by atoms with Gasteiger partial charge in [0.1, 0.15) is 5.75 Å². The highest BCUT2D eigenvalue weighted by Crippen LogP contribution is 2.25. The second kappa shape index (κ2) is 2.43. The Balaban J connectivity index is 2.43. The Morgan fingerprint density at radius 1 is 1.36 bits per heavy atom. The van der Waals surface area contributed by atoms with Crippen LogP contribution in [0.2, 0.25) is 0 Å². The average molecular weight is 151 g/mol. The first kappa shape index (κ1) is 6.49. The molecule has 58 valence electrons. The number of rotatable bonds is 0. The van der Waals surface area contributed by atoms with Crippen molar-refractivity contribution in [3.63, 3.8) is 0 Å². The highest BCUT2D eigenvalue weighted by molar-refractivity contribution is 5.48. The van der Waals surface area contributed by atoms with Gasteiger partial charge in [0.2, 0.25) is 0 Å². The summed E-state index contributed by atoms with van der Waals surface area (Å²) in [5, 5.41) is 0. The van der Waals surface area contributed by atoms with E-state index < -0.39 is 0 Å². The summed E-state index contributed by atoms with van der Waals surface area (Å²) in [6, 6.07) is 5.58. The summed E-state index contributed by atoms with van der Waals surface area (Å²) in [5.41, 5.74) is 7.35. The monoisotopic (exact) mass is 151 g/mol. The Labute approximate surface area is 64.7 Å². The van der Waals surface area contributed by atoms with Crippen molar-refractivity contribution in [1.29, 1.82) is 0 Å². The van der Waals surface area contributed by atoms with Gasteiger partial charge >= 0.3 is 0 Å². The first-order valence-corrected chi connectivity index (χ1v) is 3.45. The topological polar surface area (TPSA) is 44.5 Å². The van der Waals surface area contributed by atoms with Crippen LogP contribution in [0.5, 0.6) is 5.75 Å². The maximum Gasteiger partial charge on any atom is 0.189 e. The molecule has 0 unspecified atom stereocenters. The van der Waals surface area contributed by atoms with Gasteiger partial charge in [0.25, 0.3) is 0 Å². The Bertz CT molecular complexity index is 273. The average Bonchev–Trinajstić information content (AvgIpc) is 2.04. The fourth-order valence-corrected chi connectivity index (χ4v) is 1.08. The van der Waals surface area contributed by atoms with Gasteiger partial charge in [-0.1, -0.05) is 6.07 Å². The quantitative estimate of drug-likeness (QED) is 0.565. The first-order valence-electron chi connectivity index (χ1n) is 3.45. The van der Waals surface area contributed by atoms with E-state index in [1.807, 2.05) is 18.2 Å². The van der Waals surface area contributed by atoms with E-state index in [0.717, 1.165) is 17.0 Å². The summed E-state index contributed by atoms with van der Waals surface area (Å²) < 4.78 is 10.3. The molecule has 1 aliphatic rings. The smallest absolute Gasteiger partial charge is 0.189 e. The summed E-state index contributed by atoms with van der Waals surface area (Å²) in [6.45, 7) is 0.950. The summed E-state index contributed by atoms with van der Waals surface area (Å²) in [4.78, 5) is 0. The molecule has 0 atom stereocenters. The van der Waals surface area contributed by atoms with E-state index in [-0.39, 0.29) is 0 Å². The molecule has 1 aliphatic heterocycles. The van der Waals surface area contributed by atoms with E-state index in [4.69, 9.17) is 15.2 Å². The number of fused-ring (bicyclic) bond motifs is 1. The molecule has 0 spiro atoms. The van der Waals surface area contributed by atoms with Crippen LogP contribution < -0.4 is 10.5 Å². The number of hydrogen-bond donors (Lipinski definition) is 1. The zero-order chi connectivity index (χ0) is 7.68. The van der Waals surface area contributed by atoms with Crippen LogP contribution in [0.25, 0.3) is 0 Å². The normalized spacial score (nSPS) is 15.3. The first-order chi connectivity index (χ1) is 5.36. The van der Waals surface area contributed by atoms with E-state index in [1.54, 1.807) is 0 Å². The van der Waals surface area contributed by atoms with Gasteiger partial charge in [-0.05, 0) is 6.07 Å². The Kier molecular flexibility index (Phi) is 1.43. The van der Waals surface area contributed by atoms with E-state index in [9.17, 15) is 0 Å². The van der Waals surface area contributed by atoms with Crippen molar-refractivity contribution in [2.75, 3.05) is 12.5 Å². The number of nitrogen functional groups attached to an aromatic ring is 1. The lowest BCUT2D eigenvalue weighted by Crippen LogP contribution is -2.11. The molecule has 0 amide bonds. The molecule has 3 heteroatoms. The van der Waals surface area contributed by atoms with Crippen molar-refractivity contribution < 1.29 is 9.47 Å². The highest BCUT2D eigenvalue weighted by atomic mass is 16.7. The summed E-state index contributed by atoms with van der Waals surface area (Å²) >= 11 is 0. The molecule has 2 rings (SSSR count). The van der Waals surface area contributed by atoms with Gasteiger partial charge in [-0.15, -0.1) is 0 Å². The van der Waals surface area contributed by atoms with Gasteiger partial charge in [-0.25, -0.2) is 0 Å². The van der Waals surface area contributed by atoms with Crippen LogP contribution in [0.3, 0.4) is 0 Å². The van der Waals surface area contributed by atoms with Crippen LogP contribution in [-0.4, -0.2) is 6.79 Å². The SMILES string of the molecule is Nc1ccc2c(c1)OCOC2. The van der Waals surface area contributed by atoms with Gasteiger partial charge in [-0.2, -0.15) is 0 Å². The second-order valence-electron chi connectivity index (χ2n) is 2.48. The van der Waals surface area contributed by atoms with Crippen molar-refractivity contribution in [1.82, 2.24) is 0 Å². The molecular formula is C8H9NO2. The van der Waals surface area contributed by atoms with Crippen LogP contribution >= 0.6 is 0 Å². The maximum absolute atomic E-state index is 5.56. The maximum atomic E-state index is 5.56. The molecule has 0 saturated carbocycles. The molecule has 1 aromatic carbocycles. The van der Waals surface area contributed by atoms with Crippen LogP contribution in [0.15, 0.2) is 18.2 Å². The minimum Gasteiger partial charge on any atom is -0.467 e. The number of hydrogen-bond acceptors (Lipinski definition) is 3. The minimum atomic E-state index is 0.330. The largest absolute Gasteiger partial charge is 0.467 e. The van der Waals surface area contributed by atoms with Crippen LogP contribution in [0.4, 0.5) is 5.69 Å². The number of benzene rings is 1. The Morgan fingerprint density at radius 3 is 3.18 bits per heavy atom. The summed E-state index contributed by atoms with van der Waals surface area (Å²) in [6.07, 6.45) is 0. The lowest BCUT2D eigenvalue weighted by molar-refractivity contribution is -0.0163. The number of anilines is 1. The lowest BCUT2D eigenvalue weighted by atomic mass is 10.2. The van der Waals surface area contributed by atoms with Crippen LogP contribution in [-0.2, 0) is 11.3 Å². The minimum absolute atomic E-state index is 0.330. The van der Waals surface area contributed by atoms with Crippen molar-refractivity contribution in [3.05, 3.63) is 23.8 Å². The number of nitrogens with two attached hydrogens (primary N) is 1. The Morgan fingerprint density at radius 2 is 2.27 bits per heavy atom. The molecule has 0 bridgehead atoms. The third kappa shape index (κ3) is 1.14. The molecule has 1 heterocycles. The molecule has 2 N–H and O–H groups in total. The molecule has 0 aliphatic carbocycles. The van der Waals surface area contributed by atoms with Crippen LogP contribution in [0.1, 0.15) is 5.56 Å².